The molecule has 0 saturated carbocycles. The van der Waals surface area contributed by atoms with Crippen LogP contribution in [-0.4, -0.2) is 44.2 Å². The summed E-state index contributed by atoms with van der Waals surface area (Å²) < 4.78 is 5.79. The maximum atomic E-state index is 5.79. The van der Waals surface area contributed by atoms with Crippen LogP contribution in [0.15, 0.2) is 54.6 Å². The summed E-state index contributed by atoms with van der Waals surface area (Å²) in [5.74, 6) is 1.75. The number of nitrogens with zero attached hydrogens (tertiary/aromatic N) is 2. The molecule has 1 atom stereocenters. The van der Waals surface area contributed by atoms with Crippen LogP contribution in [0, 0.1) is 0 Å². The second-order valence-electron chi connectivity index (χ2n) is 6.82. The number of para-hydroxylation sites is 2. The van der Waals surface area contributed by atoms with E-state index < -0.39 is 0 Å². The molecule has 5 heteroatoms. The summed E-state index contributed by atoms with van der Waals surface area (Å²) in [5, 5.41) is 0. The molecule has 2 aliphatic heterocycles. The lowest BCUT2D eigenvalue weighted by atomic mass is 9.90. The molecule has 0 spiro atoms. The highest BCUT2D eigenvalue weighted by Gasteiger charge is 2.23. The van der Waals surface area contributed by atoms with Gasteiger partial charge in [0, 0.05) is 31.9 Å². The zero-order valence-corrected chi connectivity index (χ0v) is 16.7. The Morgan fingerprint density at radius 1 is 0.846 bits per heavy atom. The first-order chi connectivity index (χ1) is 11.9. The average molecular weight is 395 g/mol. The molecule has 0 N–H and O–H groups in total. The van der Waals surface area contributed by atoms with Gasteiger partial charge in [-0.25, -0.2) is 0 Å². The zero-order chi connectivity index (χ0) is 16.2. The molecule has 1 unspecified atom stereocenters. The van der Waals surface area contributed by atoms with E-state index in [1.165, 1.54) is 37.3 Å². The van der Waals surface area contributed by atoms with Gasteiger partial charge in [0.1, 0.15) is 5.75 Å². The molecule has 1 fully saturated rings. The van der Waals surface area contributed by atoms with Crippen LogP contribution in [0.5, 0.6) is 5.75 Å². The first-order valence-corrected chi connectivity index (χ1v) is 9.14. The minimum atomic E-state index is 0. The quantitative estimate of drug-likeness (QED) is 0.752. The van der Waals surface area contributed by atoms with Crippen molar-refractivity contribution in [1.82, 2.24) is 4.90 Å². The van der Waals surface area contributed by atoms with Gasteiger partial charge in [-0.15, -0.1) is 24.8 Å². The minimum absolute atomic E-state index is 0. The van der Waals surface area contributed by atoms with Crippen molar-refractivity contribution in [2.45, 2.75) is 18.8 Å². The summed E-state index contributed by atoms with van der Waals surface area (Å²) in [7, 11) is 0. The molecule has 0 bridgehead atoms. The van der Waals surface area contributed by atoms with Gasteiger partial charge in [-0.3, -0.25) is 4.90 Å². The summed E-state index contributed by atoms with van der Waals surface area (Å²) in [6.07, 6.45) is 2.40. The predicted octanol–water partition coefficient (Wildman–Crippen LogP) is 4.61. The Kier molecular flexibility index (Phi) is 8.08. The largest absolute Gasteiger partial charge is 0.493 e. The monoisotopic (exact) mass is 394 g/mol. The lowest BCUT2D eigenvalue weighted by molar-refractivity contribution is 0.223. The van der Waals surface area contributed by atoms with Gasteiger partial charge >= 0.3 is 0 Å². The number of hydrogen-bond acceptors (Lipinski definition) is 3. The van der Waals surface area contributed by atoms with Crippen LogP contribution in [0.2, 0.25) is 0 Å². The number of hydrogen-bond donors (Lipinski definition) is 0. The van der Waals surface area contributed by atoms with Crippen LogP contribution in [0.1, 0.15) is 24.3 Å². The Labute approximate surface area is 169 Å². The number of fused-ring (bicyclic) bond motifs is 1. The van der Waals surface area contributed by atoms with E-state index in [2.05, 4.69) is 64.4 Å². The van der Waals surface area contributed by atoms with Crippen LogP contribution < -0.4 is 9.64 Å². The van der Waals surface area contributed by atoms with Gasteiger partial charge in [0.05, 0.1) is 6.61 Å². The van der Waals surface area contributed by atoms with E-state index in [1.807, 2.05) is 0 Å². The predicted molar refractivity (Wildman–Crippen MR) is 114 cm³/mol. The normalized spacial score (nSPS) is 19.5. The molecule has 0 radical (unpaired) electrons. The Hall–Kier alpha value is -1.42. The second-order valence-corrected chi connectivity index (χ2v) is 6.82. The first-order valence-electron chi connectivity index (χ1n) is 9.14. The summed E-state index contributed by atoms with van der Waals surface area (Å²) in [4.78, 5) is 5.12. The van der Waals surface area contributed by atoms with Gasteiger partial charge in [0.25, 0.3) is 0 Å². The fourth-order valence-corrected chi connectivity index (χ4v) is 3.92. The maximum absolute atomic E-state index is 5.79. The van der Waals surface area contributed by atoms with Crippen molar-refractivity contribution in [2.24, 2.45) is 0 Å². The zero-order valence-electron chi connectivity index (χ0n) is 15.0. The van der Waals surface area contributed by atoms with Gasteiger partial charge in [-0.1, -0.05) is 36.4 Å². The highest BCUT2D eigenvalue weighted by atomic mass is 35.5. The molecular weight excluding hydrogens is 367 g/mol. The lowest BCUT2D eigenvalue weighted by Gasteiger charge is -2.37. The van der Waals surface area contributed by atoms with Gasteiger partial charge in [-0.05, 0) is 49.1 Å². The minimum Gasteiger partial charge on any atom is -0.493 e. The Bertz CT molecular complexity index is 660. The van der Waals surface area contributed by atoms with Crippen LogP contribution in [0.3, 0.4) is 0 Å². The molecule has 2 aromatic carbocycles. The Morgan fingerprint density at radius 3 is 2.31 bits per heavy atom. The van der Waals surface area contributed by atoms with Crippen LogP contribution in [0.25, 0.3) is 0 Å². The third-order valence-electron chi connectivity index (χ3n) is 5.37. The number of halogens is 2. The number of ether oxygens (including phenoxy) is 1. The van der Waals surface area contributed by atoms with E-state index in [1.54, 1.807) is 0 Å². The topological polar surface area (TPSA) is 15.7 Å². The Morgan fingerprint density at radius 2 is 1.54 bits per heavy atom. The van der Waals surface area contributed by atoms with Crippen molar-refractivity contribution >= 4 is 30.5 Å². The molecule has 142 valence electrons. The highest BCUT2D eigenvalue weighted by molar-refractivity contribution is 5.85. The summed E-state index contributed by atoms with van der Waals surface area (Å²) >= 11 is 0. The standard InChI is InChI=1S/C21H26N2O.2ClH/c1-2-6-19(7-3-1)23-15-13-22(14-16-23)12-10-18-11-17-24-21-9-5-4-8-20(18)21;;/h1-9,18H,10-17H2;2*1H. The molecule has 0 aliphatic carbocycles. The summed E-state index contributed by atoms with van der Waals surface area (Å²) in [5.41, 5.74) is 2.77. The third-order valence-corrected chi connectivity index (χ3v) is 5.37. The van der Waals surface area contributed by atoms with Gasteiger partial charge in [0.2, 0.25) is 0 Å². The fourth-order valence-electron chi connectivity index (χ4n) is 3.92. The van der Waals surface area contributed by atoms with E-state index in [9.17, 15) is 0 Å². The van der Waals surface area contributed by atoms with Crippen molar-refractivity contribution < 1.29 is 4.74 Å². The molecule has 1 saturated heterocycles. The average Bonchev–Trinajstić information content (AvgIpc) is 2.67. The van der Waals surface area contributed by atoms with Crippen molar-refractivity contribution in [1.29, 1.82) is 0 Å². The molecule has 0 aromatic heterocycles. The van der Waals surface area contributed by atoms with Crippen molar-refractivity contribution in [2.75, 3.05) is 44.2 Å². The molecule has 2 aliphatic rings. The van der Waals surface area contributed by atoms with E-state index in [0.717, 1.165) is 31.9 Å². The van der Waals surface area contributed by atoms with E-state index in [4.69, 9.17) is 4.74 Å². The van der Waals surface area contributed by atoms with E-state index >= 15 is 0 Å². The Balaban J connectivity index is 0.00000121. The van der Waals surface area contributed by atoms with Gasteiger partial charge in [0.15, 0.2) is 0 Å². The number of benzene rings is 2. The number of rotatable bonds is 4. The summed E-state index contributed by atoms with van der Waals surface area (Å²) in [6.45, 7) is 6.66. The molecule has 2 aromatic rings. The molecule has 3 nitrogen and oxygen atoms in total. The van der Waals surface area contributed by atoms with Crippen molar-refractivity contribution in [3.8, 4) is 5.75 Å². The molecule has 26 heavy (non-hydrogen) atoms. The smallest absolute Gasteiger partial charge is 0.122 e. The lowest BCUT2D eigenvalue weighted by Crippen LogP contribution is -2.46. The molecule has 2 heterocycles. The highest BCUT2D eigenvalue weighted by Crippen LogP contribution is 2.35. The SMILES string of the molecule is Cl.Cl.c1ccc(N2CCN(CCC3CCOc4ccccc43)CC2)cc1. The van der Waals surface area contributed by atoms with Crippen LogP contribution >= 0.6 is 24.8 Å². The molecule has 0 amide bonds. The fraction of sp³-hybridized carbons (Fsp3) is 0.429. The van der Waals surface area contributed by atoms with E-state index in [0.29, 0.717) is 5.92 Å². The van der Waals surface area contributed by atoms with Crippen molar-refractivity contribution in [3.63, 3.8) is 0 Å². The summed E-state index contributed by atoms with van der Waals surface area (Å²) in [6, 6.07) is 19.3. The van der Waals surface area contributed by atoms with E-state index in [-0.39, 0.29) is 24.8 Å². The number of anilines is 1. The molecular formula is C21H28Cl2N2O. The van der Waals surface area contributed by atoms with Crippen LogP contribution in [-0.2, 0) is 0 Å². The number of piperazine rings is 1. The van der Waals surface area contributed by atoms with Crippen molar-refractivity contribution in [3.05, 3.63) is 60.2 Å². The maximum Gasteiger partial charge on any atom is 0.122 e. The van der Waals surface area contributed by atoms with Gasteiger partial charge in [-0.2, -0.15) is 0 Å². The van der Waals surface area contributed by atoms with Gasteiger partial charge < -0.3 is 9.64 Å². The van der Waals surface area contributed by atoms with Crippen LogP contribution in [0.4, 0.5) is 5.69 Å². The molecule has 4 rings (SSSR count). The third kappa shape index (κ3) is 4.85. The first kappa shape index (κ1) is 20.9. The second kappa shape index (κ2) is 10.1.